The fourth-order valence-corrected chi connectivity index (χ4v) is 2.66. The van der Waals surface area contributed by atoms with Gasteiger partial charge in [-0.05, 0) is 18.4 Å². The molecular weight excluding hydrogens is 204 g/mol. The lowest BCUT2D eigenvalue weighted by Gasteiger charge is -2.02. The topological polar surface area (TPSA) is 26.3 Å². The summed E-state index contributed by atoms with van der Waals surface area (Å²) in [7, 11) is 0. The molecule has 0 aromatic rings. The Hall–Kier alpha value is -0.0900. The van der Waals surface area contributed by atoms with Crippen LogP contribution < -0.4 is 0 Å². The zero-order valence-corrected chi connectivity index (χ0v) is 9.96. The Bertz CT molecular complexity index is 170. The van der Waals surface area contributed by atoms with Gasteiger partial charge < -0.3 is 4.74 Å². The van der Waals surface area contributed by atoms with Crippen LogP contribution in [0.2, 0.25) is 0 Å². The highest BCUT2D eigenvalue weighted by Gasteiger charge is 2.01. The van der Waals surface area contributed by atoms with Crippen molar-refractivity contribution >= 4 is 29.5 Å². The van der Waals surface area contributed by atoms with Gasteiger partial charge in [0.2, 0.25) is 0 Å². The van der Waals surface area contributed by atoms with Crippen LogP contribution in [0.3, 0.4) is 0 Å². The molecule has 0 saturated heterocycles. The van der Waals surface area contributed by atoms with Gasteiger partial charge in [-0.15, -0.1) is 23.5 Å². The molecule has 0 aliphatic rings. The smallest absolute Gasteiger partial charge is 0.332 e. The number of ether oxygens (including phenoxy) is 1. The van der Waals surface area contributed by atoms with Gasteiger partial charge in [-0.1, -0.05) is 13.8 Å². The second-order valence-electron chi connectivity index (χ2n) is 2.08. The van der Waals surface area contributed by atoms with Gasteiger partial charge in [0, 0.05) is 10.3 Å². The van der Waals surface area contributed by atoms with Crippen LogP contribution in [-0.4, -0.2) is 24.1 Å². The molecule has 0 rings (SSSR count). The molecule has 0 atom stereocenters. The first kappa shape index (κ1) is 12.9. The minimum atomic E-state index is -0.237. The van der Waals surface area contributed by atoms with E-state index < -0.39 is 0 Å². The number of thioether (sulfide) groups is 2. The van der Waals surface area contributed by atoms with Crippen molar-refractivity contribution in [2.75, 3.05) is 18.1 Å². The molecule has 4 heteroatoms. The van der Waals surface area contributed by atoms with Crippen LogP contribution in [0.4, 0.5) is 0 Å². The number of hydrogen-bond donors (Lipinski definition) is 0. The summed E-state index contributed by atoms with van der Waals surface area (Å²) in [5, 5.41) is 0. The van der Waals surface area contributed by atoms with Crippen molar-refractivity contribution in [3.63, 3.8) is 0 Å². The van der Waals surface area contributed by atoms with Crippen LogP contribution in [-0.2, 0) is 9.53 Å². The molecule has 0 aliphatic heterocycles. The normalized spacial score (nSPS) is 9.46. The van der Waals surface area contributed by atoms with Gasteiger partial charge in [0.15, 0.2) is 0 Å². The molecule has 13 heavy (non-hydrogen) atoms. The number of rotatable bonds is 6. The van der Waals surface area contributed by atoms with E-state index in [0.29, 0.717) is 6.61 Å². The first-order valence-electron chi connectivity index (χ1n) is 4.38. The molecule has 0 N–H and O–H groups in total. The van der Waals surface area contributed by atoms with E-state index in [-0.39, 0.29) is 5.97 Å². The van der Waals surface area contributed by atoms with Gasteiger partial charge in [-0.2, -0.15) is 0 Å². The summed E-state index contributed by atoms with van der Waals surface area (Å²) in [6.45, 7) is 6.39. The lowest BCUT2D eigenvalue weighted by atomic mass is 10.6. The number of hydrogen-bond acceptors (Lipinski definition) is 4. The van der Waals surface area contributed by atoms with Crippen molar-refractivity contribution in [1.82, 2.24) is 0 Å². The maximum atomic E-state index is 11.1. The maximum absolute atomic E-state index is 11.1. The lowest BCUT2D eigenvalue weighted by molar-refractivity contribution is -0.137. The van der Waals surface area contributed by atoms with Crippen LogP contribution in [0.5, 0.6) is 0 Å². The molecule has 0 unspecified atom stereocenters. The van der Waals surface area contributed by atoms with Gasteiger partial charge in [0.25, 0.3) is 0 Å². The predicted molar refractivity (Wildman–Crippen MR) is 61.0 cm³/mol. The van der Waals surface area contributed by atoms with Crippen molar-refractivity contribution in [2.24, 2.45) is 0 Å². The molecule has 0 bridgehead atoms. The van der Waals surface area contributed by atoms with E-state index >= 15 is 0 Å². The Labute approximate surface area is 88.5 Å². The largest absolute Gasteiger partial charge is 0.463 e. The minimum absolute atomic E-state index is 0.237. The Morgan fingerprint density at radius 1 is 1.23 bits per heavy atom. The maximum Gasteiger partial charge on any atom is 0.332 e. The van der Waals surface area contributed by atoms with Crippen molar-refractivity contribution in [1.29, 1.82) is 0 Å². The summed E-state index contributed by atoms with van der Waals surface area (Å²) >= 11 is 3.36. The molecule has 0 heterocycles. The van der Waals surface area contributed by atoms with E-state index in [0.717, 1.165) is 15.7 Å². The average molecular weight is 220 g/mol. The molecule has 0 aliphatic carbocycles. The van der Waals surface area contributed by atoms with E-state index in [9.17, 15) is 4.79 Å². The summed E-state index contributed by atoms with van der Waals surface area (Å²) < 4.78 is 5.87. The van der Waals surface area contributed by atoms with Crippen LogP contribution in [0, 0.1) is 0 Å². The number of carbonyl (C=O) groups is 1. The molecule has 0 spiro atoms. The van der Waals surface area contributed by atoms with E-state index in [1.165, 1.54) is 0 Å². The third kappa shape index (κ3) is 7.02. The second kappa shape index (κ2) is 8.51. The van der Waals surface area contributed by atoms with E-state index in [1.54, 1.807) is 29.6 Å². The van der Waals surface area contributed by atoms with Crippen molar-refractivity contribution < 1.29 is 9.53 Å². The van der Waals surface area contributed by atoms with Crippen LogP contribution in [0.25, 0.3) is 0 Å². The molecule has 0 fully saturated rings. The molecule has 0 amide bonds. The highest BCUT2D eigenvalue weighted by atomic mass is 32.2. The van der Waals surface area contributed by atoms with E-state index in [2.05, 4.69) is 13.8 Å². The molecule has 2 nitrogen and oxygen atoms in total. The fourth-order valence-electron chi connectivity index (χ4n) is 0.690. The van der Waals surface area contributed by atoms with Gasteiger partial charge in [-0.25, -0.2) is 4.79 Å². The molecule has 0 saturated carbocycles. The average Bonchev–Trinajstić information content (AvgIpc) is 2.05. The van der Waals surface area contributed by atoms with Crippen molar-refractivity contribution in [2.45, 2.75) is 20.8 Å². The summed E-state index contributed by atoms with van der Waals surface area (Å²) in [4.78, 5) is 11.1. The molecular formula is C9H16O2S2. The monoisotopic (exact) mass is 220 g/mol. The Morgan fingerprint density at radius 3 is 2.15 bits per heavy atom. The summed E-state index contributed by atoms with van der Waals surface area (Å²) in [6.07, 6.45) is 1.58. The van der Waals surface area contributed by atoms with E-state index in [4.69, 9.17) is 4.74 Å². The molecule has 0 aromatic carbocycles. The lowest BCUT2D eigenvalue weighted by Crippen LogP contribution is -1.99. The van der Waals surface area contributed by atoms with Crippen LogP contribution in [0.1, 0.15) is 20.8 Å². The Kier molecular flexibility index (Phi) is 8.45. The van der Waals surface area contributed by atoms with Crippen LogP contribution in [0.15, 0.2) is 10.3 Å². The fraction of sp³-hybridized carbons (Fsp3) is 0.667. The summed E-state index contributed by atoms with van der Waals surface area (Å²) in [5.41, 5.74) is 0. The van der Waals surface area contributed by atoms with Gasteiger partial charge in [0.1, 0.15) is 0 Å². The third-order valence-corrected chi connectivity index (χ3v) is 3.18. The van der Waals surface area contributed by atoms with Crippen molar-refractivity contribution in [3.8, 4) is 0 Å². The third-order valence-electron chi connectivity index (χ3n) is 1.10. The van der Waals surface area contributed by atoms with Crippen LogP contribution >= 0.6 is 23.5 Å². The molecule has 0 radical (unpaired) electrons. The quantitative estimate of drug-likeness (QED) is 0.508. The number of esters is 1. The van der Waals surface area contributed by atoms with Crippen molar-refractivity contribution in [3.05, 3.63) is 10.3 Å². The highest BCUT2D eigenvalue weighted by molar-refractivity contribution is 8.22. The predicted octanol–water partition coefficient (Wildman–Crippen LogP) is 2.90. The number of carbonyl (C=O) groups excluding carboxylic acids is 1. The first-order chi connectivity index (χ1) is 6.24. The minimum Gasteiger partial charge on any atom is -0.463 e. The van der Waals surface area contributed by atoms with Gasteiger partial charge in [0.05, 0.1) is 6.61 Å². The zero-order chi connectivity index (χ0) is 10.1. The Morgan fingerprint density at radius 2 is 1.77 bits per heavy atom. The molecule has 76 valence electrons. The zero-order valence-electron chi connectivity index (χ0n) is 8.33. The highest BCUT2D eigenvalue weighted by Crippen LogP contribution is 2.27. The summed E-state index contributed by atoms with van der Waals surface area (Å²) in [5.74, 6) is 1.73. The first-order valence-corrected chi connectivity index (χ1v) is 6.35. The van der Waals surface area contributed by atoms with E-state index in [1.807, 2.05) is 6.92 Å². The van der Waals surface area contributed by atoms with Gasteiger partial charge >= 0.3 is 5.97 Å². The SMILES string of the molecule is CCOC(=O)C=C(SCC)SCC. The molecule has 0 aromatic heterocycles. The van der Waals surface area contributed by atoms with Gasteiger partial charge in [-0.3, -0.25) is 0 Å². The Balaban J connectivity index is 4.07. The summed E-state index contributed by atoms with van der Waals surface area (Å²) in [6, 6.07) is 0. The second-order valence-corrected chi connectivity index (χ2v) is 4.95. The standard InChI is InChI=1S/C9H16O2S2/c1-4-11-8(10)7-9(12-5-2)13-6-3/h7H,4-6H2,1-3H3.